The maximum Gasteiger partial charge on any atom is 0.152 e. The van der Waals surface area contributed by atoms with Gasteiger partial charge in [0.2, 0.25) is 0 Å². The summed E-state index contributed by atoms with van der Waals surface area (Å²) in [5, 5.41) is 0. The van der Waals surface area contributed by atoms with Gasteiger partial charge in [-0.1, -0.05) is 0 Å². The van der Waals surface area contributed by atoms with Crippen LogP contribution in [0.15, 0.2) is 30.6 Å². The van der Waals surface area contributed by atoms with Gasteiger partial charge in [0.05, 0.1) is 5.52 Å². The highest BCUT2D eigenvalue weighted by atomic mass is 19.1. The maximum absolute atomic E-state index is 13.1. The Morgan fingerprint density at radius 1 is 1.33 bits per heavy atom. The normalized spacial score (nSPS) is 10.4. The summed E-state index contributed by atoms with van der Waals surface area (Å²) in [6.07, 6.45) is 4.01. The Morgan fingerprint density at radius 2 is 2.17 bits per heavy atom. The van der Waals surface area contributed by atoms with Crippen LogP contribution < -0.4 is 0 Å². The minimum Gasteiger partial charge on any atom is -0.321 e. The topological polar surface area (TPSA) is 21.5 Å². The summed E-state index contributed by atoms with van der Waals surface area (Å²) in [5.41, 5.74) is 0.723. The number of rotatable bonds is 1. The minimum atomic E-state index is -0.371. The van der Waals surface area contributed by atoms with E-state index in [4.69, 9.17) is 0 Å². The number of aromatic nitrogens is 1. The number of aldehydes is 1. The predicted octanol–water partition coefficient (Wildman–Crippen LogP) is 1.89. The number of hydrogen-bond donors (Lipinski definition) is 0. The molecule has 2 heterocycles. The Kier molecular flexibility index (Phi) is 1.43. The molecule has 12 heavy (non-hydrogen) atoms. The zero-order valence-corrected chi connectivity index (χ0v) is 6.20. The van der Waals surface area contributed by atoms with Crippen molar-refractivity contribution in [1.82, 2.24) is 4.40 Å². The molecule has 0 amide bonds. The van der Waals surface area contributed by atoms with Crippen LogP contribution >= 0.6 is 0 Å². The third kappa shape index (κ3) is 0.830. The molecule has 0 bridgehead atoms. The van der Waals surface area contributed by atoms with Crippen molar-refractivity contribution in [2.24, 2.45) is 0 Å². The summed E-state index contributed by atoms with van der Waals surface area (Å²) in [7, 11) is 0. The van der Waals surface area contributed by atoms with Crippen LogP contribution in [-0.2, 0) is 0 Å². The van der Waals surface area contributed by atoms with Gasteiger partial charge < -0.3 is 4.40 Å². The molecule has 2 rings (SSSR count). The highest BCUT2D eigenvalue weighted by molar-refractivity contribution is 5.86. The zero-order chi connectivity index (χ0) is 8.55. The van der Waals surface area contributed by atoms with Gasteiger partial charge in [-0.05, 0) is 18.2 Å². The van der Waals surface area contributed by atoms with Crippen LogP contribution in [0.25, 0.3) is 5.52 Å². The van der Waals surface area contributed by atoms with Crippen molar-refractivity contribution in [3.8, 4) is 0 Å². The highest BCUT2D eigenvalue weighted by Crippen LogP contribution is 2.13. The van der Waals surface area contributed by atoms with E-state index in [2.05, 4.69) is 0 Å². The first-order chi connectivity index (χ1) is 5.83. The number of nitrogens with zero attached hydrogens (tertiary/aromatic N) is 1. The number of hydrogen-bond acceptors (Lipinski definition) is 1. The van der Waals surface area contributed by atoms with Gasteiger partial charge in [0, 0.05) is 18.0 Å². The van der Waals surface area contributed by atoms with Gasteiger partial charge in [0.1, 0.15) is 5.82 Å². The van der Waals surface area contributed by atoms with E-state index in [1.54, 1.807) is 28.9 Å². The molecule has 2 aromatic rings. The Labute approximate surface area is 68.2 Å². The Hall–Kier alpha value is -1.64. The summed E-state index contributed by atoms with van der Waals surface area (Å²) in [6.45, 7) is 0. The van der Waals surface area contributed by atoms with Crippen LogP contribution in [0.2, 0.25) is 0 Å². The summed E-state index contributed by atoms with van der Waals surface area (Å²) in [6, 6.07) is 4.52. The summed E-state index contributed by atoms with van der Waals surface area (Å²) in [5.74, 6) is -0.371. The third-order valence-corrected chi connectivity index (χ3v) is 1.79. The van der Waals surface area contributed by atoms with E-state index in [1.165, 1.54) is 6.07 Å². The largest absolute Gasteiger partial charge is 0.321 e. The molecule has 60 valence electrons. The Balaban J connectivity index is 2.91. The van der Waals surface area contributed by atoms with Crippen molar-refractivity contribution >= 4 is 11.8 Å². The Bertz CT molecular complexity index is 433. The van der Waals surface area contributed by atoms with Crippen LogP contribution in [0.5, 0.6) is 0 Å². The zero-order valence-electron chi connectivity index (χ0n) is 6.20. The molecule has 0 unspecified atom stereocenters. The molecule has 3 heteroatoms. The molecule has 0 radical (unpaired) electrons. The van der Waals surface area contributed by atoms with Gasteiger partial charge in [-0.15, -0.1) is 0 Å². The van der Waals surface area contributed by atoms with Crippen LogP contribution in [0.1, 0.15) is 10.4 Å². The van der Waals surface area contributed by atoms with Gasteiger partial charge in [-0.3, -0.25) is 4.79 Å². The molecule has 2 aromatic heterocycles. The van der Waals surface area contributed by atoms with E-state index in [-0.39, 0.29) is 5.82 Å². The average Bonchev–Trinajstić information content (AvgIpc) is 2.49. The van der Waals surface area contributed by atoms with E-state index in [9.17, 15) is 9.18 Å². The minimum absolute atomic E-state index is 0.340. The average molecular weight is 163 g/mol. The maximum atomic E-state index is 13.1. The second-order valence-corrected chi connectivity index (χ2v) is 2.50. The molecule has 2 nitrogen and oxygen atoms in total. The van der Waals surface area contributed by atoms with E-state index in [0.717, 1.165) is 0 Å². The van der Waals surface area contributed by atoms with E-state index < -0.39 is 0 Å². The van der Waals surface area contributed by atoms with Crippen LogP contribution in [0.4, 0.5) is 4.39 Å². The first-order valence-corrected chi connectivity index (χ1v) is 3.53. The molecule has 0 N–H and O–H groups in total. The summed E-state index contributed by atoms with van der Waals surface area (Å²) >= 11 is 0. The predicted molar refractivity (Wildman–Crippen MR) is 42.7 cm³/mol. The number of carbonyl (C=O) groups excluding carboxylic acids is 1. The summed E-state index contributed by atoms with van der Waals surface area (Å²) in [4.78, 5) is 10.5. The fourth-order valence-electron chi connectivity index (χ4n) is 1.24. The highest BCUT2D eigenvalue weighted by Gasteiger charge is 2.04. The number of halogens is 1. The van der Waals surface area contributed by atoms with E-state index >= 15 is 0 Å². The lowest BCUT2D eigenvalue weighted by atomic mass is 10.3. The van der Waals surface area contributed by atoms with Crippen LogP contribution in [0, 0.1) is 5.82 Å². The number of fused-ring (bicyclic) bond motifs is 1. The van der Waals surface area contributed by atoms with Crippen molar-refractivity contribution in [2.45, 2.75) is 0 Å². The van der Waals surface area contributed by atoms with Gasteiger partial charge in [-0.25, -0.2) is 4.39 Å². The molecule has 0 saturated heterocycles. The van der Waals surface area contributed by atoms with Gasteiger partial charge in [0.25, 0.3) is 0 Å². The fraction of sp³-hybridized carbons (Fsp3) is 0. The molecule has 0 atom stereocenters. The molecule has 0 aliphatic rings. The van der Waals surface area contributed by atoms with Crippen molar-refractivity contribution < 1.29 is 9.18 Å². The molecular formula is C9H6FNO. The van der Waals surface area contributed by atoms with Crippen LogP contribution in [-0.4, -0.2) is 10.7 Å². The second kappa shape index (κ2) is 2.44. The Morgan fingerprint density at radius 3 is 2.92 bits per heavy atom. The van der Waals surface area contributed by atoms with Crippen molar-refractivity contribution in [1.29, 1.82) is 0 Å². The molecule has 0 aliphatic carbocycles. The molecular weight excluding hydrogens is 157 g/mol. The first kappa shape index (κ1) is 7.03. The lowest BCUT2D eigenvalue weighted by molar-refractivity contribution is 0.112. The van der Waals surface area contributed by atoms with E-state index in [0.29, 0.717) is 17.4 Å². The molecule has 0 aromatic carbocycles. The lowest BCUT2D eigenvalue weighted by Crippen LogP contribution is -1.87. The number of pyridine rings is 1. The lowest BCUT2D eigenvalue weighted by Gasteiger charge is -1.95. The fourth-order valence-corrected chi connectivity index (χ4v) is 1.24. The first-order valence-electron chi connectivity index (χ1n) is 3.53. The van der Waals surface area contributed by atoms with Gasteiger partial charge in [-0.2, -0.15) is 0 Å². The van der Waals surface area contributed by atoms with Crippen molar-refractivity contribution in [3.63, 3.8) is 0 Å². The molecule has 0 saturated carbocycles. The molecule has 0 fully saturated rings. The third-order valence-electron chi connectivity index (χ3n) is 1.79. The molecule has 0 aliphatic heterocycles. The van der Waals surface area contributed by atoms with Crippen molar-refractivity contribution in [3.05, 3.63) is 42.0 Å². The SMILES string of the molecule is O=Cc1ccn2cccc(F)c12. The van der Waals surface area contributed by atoms with Crippen molar-refractivity contribution in [2.75, 3.05) is 0 Å². The monoisotopic (exact) mass is 163 g/mol. The van der Waals surface area contributed by atoms with Gasteiger partial charge >= 0.3 is 0 Å². The molecule has 0 spiro atoms. The quantitative estimate of drug-likeness (QED) is 0.588. The smallest absolute Gasteiger partial charge is 0.152 e. The van der Waals surface area contributed by atoms with Gasteiger partial charge in [0.15, 0.2) is 6.29 Å². The second-order valence-electron chi connectivity index (χ2n) is 2.50. The standard InChI is InChI=1S/C9H6FNO/c10-8-2-1-4-11-5-3-7(6-12)9(8)11/h1-6H. The number of carbonyl (C=O) groups is 1. The summed E-state index contributed by atoms with van der Waals surface area (Å²) < 4.78 is 14.7. The van der Waals surface area contributed by atoms with Crippen LogP contribution in [0.3, 0.4) is 0 Å². The van der Waals surface area contributed by atoms with E-state index in [1.807, 2.05) is 0 Å².